The van der Waals surface area contributed by atoms with E-state index in [-0.39, 0.29) is 11.7 Å². The van der Waals surface area contributed by atoms with Crippen LogP contribution in [0.1, 0.15) is 27.2 Å². The van der Waals surface area contributed by atoms with E-state index in [4.69, 9.17) is 5.84 Å². The van der Waals surface area contributed by atoms with Crippen molar-refractivity contribution < 1.29 is 4.92 Å². The number of nitrogens with one attached hydrogen (secondary N) is 2. The summed E-state index contributed by atoms with van der Waals surface area (Å²) in [6.07, 6.45) is 0.942. The number of anilines is 2. The summed E-state index contributed by atoms with van der Waals surface area (Å²) in [5, 5.41) is 14.2. The molecular formula is C12H20N4O2. The molecule has 6 nitrogen and oxygen atoms in total. The standard InChI is InChI=1S/C12H20N4O2/c1-8(2)7-9(3)14-10-5-4-6-11(15-13)12(10)16(17)18/h4-6,8-9,14-15H,7,13H2,1-3H3. The second-order valence-electron chi connectivity index (χ2n) is 4.78. The molecule has 1 atom stereocenters. The highest BCUT2D eigenvalue weighted by Crippen LogP contribution is 2.32. The van der Waals surface area contributed by atoms with Gasteiger partial charge in [0.25, 0.3) is 0 Å². The van der Waals surface area contributed by atoms with E-state index in [1.165, 1.54) is 0 Å². The SMILES string of the molecule is CC(C)CC(C)Nc1cccc(NN)c1[N+](=O)[O-]. The average Bonchev–Trinajstić information content (AvgIpc) is 2.26. The second kappa shape index (κ2) is 6.20. The molecule has 1 aromatic carbocycles. The Bertz CT molecular complexity index is 421. The fourth-order valence-corrected chi connectivity index (χ4v) is 2.00. The number of hydrogen-bond donors (Lipinski definition) is 3. The molecule has 1 aromatic rings. The first-order chi connectivity index (χ1) is 8.45. The molecule has 100 valence electrons. The molecule has 6 heteroatoms. The maximum absolute atomic E-state index is 11.1. The Morgan fingerprint density at radius 1 is 1.33 bits per heavy atom. The van der Waals surface area contributed by atoms with Crippen molar-refractivity contribution in [3.63, 3.8) is 0 Å². The summed E-state index contributed by atoms with van der Waals surface area (Å²) in [6.45, 7) is 6.24. The van der Waals surface area contributed by atoms with Crippen LogP contribution >= 0.6 is 0 Å². The zero-order valence-electron chi connectivity index (χ0n) is 10.9. The van der Waals surface area contributed by atoms with Gasteiger partial charge in [0.1, 0.15) is 11.4 Å². The number of rotatable bonds is 6. The van der Waals surface area contributed by atoms with Crippen molar-refractivity contribution in [1.82, 2.24) is 0 Å². The average molecular weight is 252 g/mol. The summed E-state index contributed by atoms with van der Waals surface area (Å²) in [5.74, 6) is 5.82. The van der Waals surface area contributed by atoms with Gasteiger partial charge >= 0.3 is 5.69 Å². The summed E-state index contributed by atoms with van der Waals surface area (Å²) in [7, 11) is 0. The number of para-hydroxylation sites is 1. The third kappa shape index (κ3) is 3.59. The van der Waals surface area contributed by atoms with Gasteiger partial charge in [0, 0.05) is 6.04 Å². The van der Waals surface area contributed by atoms with E-state index in [1.54, 1.807) is 18.2 Å². The predicted molar refractivity (Wildman–Crippen MR) is 73.4 cm³/mol. The molecule has 0 bridgehead atoms. The molecule has 0 fully saturated rings. The molecule has 0 saturated carbocycles. The molecule has 18 heavy (non-hydrogen) atoms. The number of nitro groups is 1. The van der Waals surface area contributed by atoms with Gasteiger partial charge < -0.3 is 10.7 Å². The topological polar surface area (TPSA) is 93.2 Å². The number of nitrogens with two attached hydrogens (primary N) is 1. The van der Waals surface area contributed by atoms with Crippen LogP contribution in [0.4, 0.5) is 17.1 Å². The monoisotopic (exact) mass is 252 g/mol. The quantitative estimate of drug-likeness (QED) is 0.411. The number of nitrogens with zero attached hydrogens (tertiary/aromatic N) is 1. The predicted octanol–water partition coefficient (Wildman–Crippen LogP) is 2.73. The van der Waals surface area contributed by atoms with Gasteiger partial charge in [-0.25, -0.2) is 0 Å². The van der Waals surface area contributed by atoms with Gasteiger partial charge in [0.05, 0.1) is 4.92 Å². The van der Waals surface area contributed by atoms with E-state index in [2.05, 4.69) is 24.6 Å². The molecule has 1 unspecified atom stereocenters. The van der Waals surface area contributed by atoms with Crippen molar-refractivity contribution in [2.75, 3.05) is 10.7 Å². The summed E-state index contributed by atoms with van der Waals surface area (Å²) < 4.78 is 0. The summed E-state index contributed by atoms with van der Waals surface area (Å²) in [6, 6.07) is 5.16. The highest BCUT2D eigenvalue weighted by Gasteiger charge is 2.20. The fourth-order valence-electron chi connectivity index (χ4n) is 2.00. The van der Waals surface area contributed by atoms with E-state index in [0.29, 0.717) is 17.3 Å². The lowest BCUT2D eigenvalue weighted by Crippen LogP contribution is -2.19. The van der Waals surface area contributed by atoms with Crippen molar-refractivity contribution >= 4 is 17.1 Å². The minimum absolute atomic E-state index is 0.0180. The Kier molecular flexibility index (Phi) is 4.91. The Labute approximate surface area is 107 Å². The van der Waals surface area contributed by atoms with Crippen LogP contribution in [0.3, 0.4) is 0 Å². The van der Waals surface area contributed by atoms with E-state index in [0.717, 1.165) is 6.42 Å². The van der Waals surface area contributed by atoms with Crippen LogP contribution in [0.15, 0.2) is 18.2 Å². The minimum atomic E-state index is -0.431. The van der Waals surface area contributed by atoms with Crippen LogP contribution in [0.25, 0.3) is 0 Å². The van der Waals surface area contributed by atoms with Gasteiger partial charge in [-0.05, 0) is 31.4 Å². The third-order valence-corrected chi connectivity index (χ3v) is 2.60. The van der Waals surface area contributed by atoms with Gasteiger partial charge in [-0.3, -0.25) is 16.0 Å². The first-order valence-corrected chi connectivity index (χ1v) is 5.96. The van der Waals surface area contributed by atoms with Gasteiger partial charge in [-0.15, -0.1) is 0 Å². The van der Waals surface area contributed by atoms with Crippen LogP contribution in [0, 0.1) is 16.0 Å². The van der Waals surface area contributed by atoms with Gasteiger partial charge in [-0.2, -0.15) is 0 Å². The Hall–Kier alpha value is -1.82. The smallest absolute Gasteiger partial charge is 0.316 e. The molecule has 0 aromatic heterocycles. The Morgan fingerprint density at radius 3 is 2.44 bits per heavy atom. The molecule has 0 aliphatic heterocycles. The maximum Gasteiger partial charge on any atom is 0.316 e. The number of hydrogen-bond acceptors (Lipinski definition) is 5. The molecular weight excluding hydrogens is 232 g/mol. The molecule has 0 spiro atoms. The molecule has 0 radical (unpaired) electrons. The van der Waals surface area contributed by atoms with Crippen molar-refractivity contribution in [2.45, 2.75) is 33.2 Å². The van der Waals surface area contributed by atoms with Crippen LogP contribution in [-0.4, -0.2) is 11.0 Å². The van der Waals surface area contributed by atoms with Crippen molar-refractivity contribution in [1.29, 1.82) is 0 Å². The van der Waals surface area contributed by atoms with Crippen molar-refractivity contribution in [2.24, 2.45) is 11.8 Å². The molecule has 1 rings (SSSR count). The molecule has 0 aliphatic carbocycles. The molecule has 0 heterocycles. The number of benzene rings is 1. The van der Waals surface area contributed by atoms with E-state index >= 15 is 0 Å². The fraction of sp³-hybridized carbons (Fsp3) is 0.500. The van der Waals surface area contributed by atoms with E-state index < -0.39 is 4.92 Å². The van der Waals surface area contributed by atoms with Crippen LogP contribution in [0.2, 0.25) is 0 Å². The van der Waals surface area contributed by atoms with Gasteiger partial charge in [0.2, 0.25) is 0 Å². The van der Waals surface area contributed by atoms with Crippen molar-refractivity contribution in [3.05, 3.63) is 28.3 Å². The second-order valence-corrected chi connectivity index (χ2v) is 4.78. The van der Waals surface area contributed by atoms with E-state index in [9.17, 15) is 10.1 Å². The Morgan fingerprint density at radius 2 is 1.94 bits per heavy atom. The van der Waals surface area contributed by atoms with Crippen LogP contribution in [0.5, 0.6) is 0 Å². The van der Waals surface area contributed by atoms with Crippen molar-refractivity contribution in [3.8, 4) is 0 Å². The largest absolute Gasteiger partial charge is 0.377 e. The van der Waals surface area contributed by atoms with Gasteiger partial charge in [0.15, 0.2) is 0 Å². The first-order valence-electron chi connectivity index (χ1n) is 5.96. The maximum atomic E-state index is 11.1. The zero-order valence-corrected chi connectivity index (χ0v) is 10.9. The van der Waals surface area contributed by atoms with Gasteiger partial charge in [-0.1, -0.05) is 19.9 Å². The molecule has 0 aliphatic rings. The molecule has 0 amide bonds. The lowest BCUT2D eigenvalue weighted by atomic mass is 10.0. The zero-order chi connectivity index (χ0) is 13.7. The van der Waals surface area contributed by atoms with Crippen LogP contribution < -0.4 is 16.6 Å². The first kappa shape index (κ1) is 14.2. The normalized spacial score (nSPS) is 12.3. The highest BCUT2D eigenvalue weighted by atomic mass is 16.6. The van der Waals surface area contributed by atoms with Crippen LogP contribution in [-0.2, 0) is 0 Å². The minimum Gasteiger partial charge on any atom is -0.377 e. The third-order valence-electron chi connectivity index (χ3n) is 2.60. The molecule has 4 N–H and O–H groups in total. The number of nitro benzene ring substituents is 1. The summed E-state index contributed by atoms with van der Waals surface area (Å²) in [5.41, 5.74) is 3.13. The highest BCUT2D eigenvalue weighted by molar-refractivity contribution is 5.75. The summed E-state index contributed by atoms with van der Waals surface area (Å²) in [4.78, 5) is 10.6. The lowest BCUT2D eigenvalue weighted by Gasteiger charge is -2.17. The molecule has 0 saturated heterocycles. The van der Waals surface area contributed by atoms with E-state index in [1.807, 2.05) is 6.92 Å². The lowest BCUT2D eigenvalue weighted by molar-refractivity contribution is -0.383. The Balaban J connectivity index is 2.98. The summed E-state index contributed by atoms with van der Waals surface area (Å²) >= 11 is 0. The number of hydrazine groups is 1. The number of nitrogen functional groups attached to an aromatic ring is 1.